The van der Waals surface area contributed by atoms with Crippen LogP contribution >= 0.6 is 0 Å². The second-order valence-electron chi connectivity index (χ2n) is 5.60. The first-order valence-corrected chi connectivity index (χ1v) is 7.21. The Hall–Kier alpha value is -0.860. The Morgan fingerprint density at radius 2 is 2.17 bits per heavy atom. The first kappa shape index (κ1) is 13.6. The van der Waals surface area contributed by atoms with Crippen LogP contribution in [0.1, 0.15) is 43.7 Å². The number of nitrogens with one attached hydrogen (secondary N) is 1. The molecule has 2 unspecified atom stereocenters. The van der Waals surface area contributed by atoms with Gasteiger partial charge in [-0.15, -0.1) is 0 Å². The highest BCUT2D eigenvalue weighted by atomic mass is 15.1. The van der Waals surface area contributed by atoms with Crippen LogP contribution in [-0.4, -0.2) is 31.1 Å². The van der Waals surface area contributed by atoms with Crippen molar-refractivity contribution in [1.82, 2.24) is 10.2 Å². The maximum atomic E-state index is 3.54. The summed E-state index contributed by atoms with van der Waals surface area (Å²) in [6.07, 6.45) is 2.56. The first-order valence-electron chi connectivity index (χ1n) is 7.21. The molecule has 0 aromatic heterocycles. The Morgan fingerprint density at radius 1 is 1.39 bits per heavy atom. The largest absolute Gasteiger partial charge is 0.312 e. The highest BCUT2D eigenvalue weighted by Gasteiger charge is 2.22. The molecule has 0 saturated carbocycles. The van der Waals surface area contributed by atoms with Crippen LogP contribution in [0.25, 0.3) is 0 Å². The van der Waals surface area contributed by atoms with Crippen LogP contribution < -0.4 is 5.32 Å². The van der Waals surface area contributed by atoms with Crippen molar-refractivity contribution in [2.75, 3.05) is 20.1 Å². The van der Waals surface area contributed by atoms with Crippen molar-refractivity contribution in [3.63, 3.8) is 0 Å². The van der Waals surface area contributed by atoms with E-state index in [9.17, 15) is 0 Å². The molecule has 0 bridgehead atoms. The number of benzene rings is 1. The third kappa shape index (κ3) is 3.12. The number of nitrogens with zero attached hydrogens (tertiary/aromatic N) is 1. The van der Waals surface area contributed by atoms with E-state index in [1.54, 1.807) is 5.56 Å². The fourth-order valence-corrected chi connectivity index (χ4v) is 2.91. The summed E-state index contributed by atoms with van der Waals surface area (Å²) < 4.78 is 0. The molecule has 0 radical (unpaired) electrons. The molecule has 100 valence electrons. The molecule has 1 aliphatic rings. The normalized spacial score (nSPS) is 20.8. The van der Waals surface area contributed by atoms with Gasteiger partial charge in [0, 0.05) is 31.6 Å². The minimum atomic E-state index is 0.638. The van der Waals surface area contributed by atoms with Crippen molar-refractivity contribution >= 4 is 0 Å². The fourth-order valence-electron chi connectivity index (χ4n) is 2.91. The first-order chi connectivity index (χ1) is 8.72. The Balaban J connectivity index is 2.02. The van der Waals surface area contributed by atoms with Gasteiger partial charge in [-0.1, -0.05) is 37.6 Å². The molecule has 1 aromatic carbocycles. The van der Waals surface area contributed by atoms with Gasteiger partial charge in [0.15, 0.2) is 0 Å². The van der Waals surface area contributed by atoms with E-state index in [0.717, 1.165) is 19.6 Å². The smallest absolute Gasteiger partial charge is 0.0208 e. The minimum Gasteiger partial charge on any atom is -0.312 e. The van der Waals surface area contributed by atoms with E-state index in [-0.39, 0.29) is 0 Å². The molecule has 0 saturated heterocycles. The average Bonchev–Trinajstić information content (AvgIpc) is 2.39. The quantitative estimate of drug-likeness (QED) is 0.859. The Bertz CT molecular complexity index is 375. The van der Waals surface area contributed by atoms with E-state index in [2.05, 4.69) is 55.4 Å². The van der Waals surface area contributed by atoms with Gasteiger partial charge in [0.25, 0.3) is 0 Å². The molecule has 1 aromatic rings. The Kier molecular flexibility index (Phi) is 4.79. The Labute approximate surface area is 111 Å². The average molecular weight is 246 g/mol. The lowest BCUT2D eigenvalue weighted by Gasteiger charge is -2.32. The molecule has 2 atom stereocenters. The summed E-state index contributed by atoms with van der Waals surface area (Å²) in [5.74, 6) is 0.638. The predicted octanol–water partition coefficient (Wildman–Crippen LogP) is 2.99. The second-order valence-corrected chi connectivity index (χ2v) is 5.60. The molecule has 0 amide bonds. The number of hydrogen-bond donors (Lipinski definition) is 1. The van der Waals surface area contributed by atoms with Gasteiger partial charge in [-0.3, -0.25) is 0 Å². The SMILES string of the molecule is CCCC(C)N(C)CC1CNCc2ccccc21. The molecule has 0 spiro atoms. The van der Waals surface area contributed by atoms with Crippen LogP contribution in [0, 0.1) is 0 Å². The van der Waals surface area contributed by atoms with Crippen LogP contribution in [-0.2, 0) is 6.54 Å². The topological polar surface area (TPSA) is 15.3 Å². The van der Waals surface area contributed by atoms with E-state index >= 15 is 0 Å². The maximum absolute atomic E-state index is 3.54. The zero-order chi connectivity index (χ0) is 13.0. The van der Waals surface area contributed by atoms with E-state index in [1.807, 2.05) is 0 Å². The number of fused-ring (bicyclic) bond motifs is 1. The van der Waals surface area contributed by atoms with Crippen LogP contribution in [0.3, 0.4) is 0 Å². The molecular weight excluding hydrogens is 220 g/mol. The lowest BCUT2D eigenvalue weighted by molar-refractivity contribution is 0.225. The zero-order valence-corrected chi connectivity index (χ0v) is 11.9. The molecule has 0 fully saturated rings. The molecule has 1 heterocycles. The van der Waals surface area contributed by atoms with Gasteiger partial charge in [0.2, 0.25) is 0 Å². The van der Waals surface area contributed by atoms with Gasteiger partial charge in [-0.25, -0.2) is 0 Å². The molecule has 2 heteroatoms. The van der Waals surface area contributed by atoms with E-state index in [1.165, 1.54) is 18.4 Å². The molecule has 0 aliphatic carbocycles. The summed E-state index contributed by atoms with van der Waals surface area (Å²) in [4.78, 5) is 2.51. The van der Waals surface area contributed by atoms with Gasteiger partial charge >= 0.3 is 0 Å². The standard InChI is InChI=1S/C16H26N2/c1-4-7-13(2)18(3)12-15-11-17-10-14-8-5-6-9-16(14)15/h5-6,8-9,13,15,17H,4,7,10-12H2,1-3H3. The highest BCUT2D eigenvalue weighted by molar-refractivity contribution is 5.32. The maximum Gasteiger partial charge on any atom is 0.0208 e. The molecule has 2 rings (SSSR count). The lowest BCUT2D eigenvalue weighted by Crippen LogP contribution is -2.38. The van der Waals surface area contributed by atoms with E-state index in [0.29, 0.717) is 12.0 Å². The fraction of sp³-hybridized carbons (Fsp3) is 0.625. The van der Waals surface area contributed by atoms with Crippen molar-refractivity contribution in [3.8, 4) is 0 Å². The van der Waals surface area contributed by atoms with E-state index in [4.69, 9.17) is 0 Å². The van der Waals surface area contributed by atoms with Gasteiger partial charge in [-0.2, -0.15) is 0 Å². The summed E-state index contributed by atoms with van der Waals surface area (Å²) in [6, 6.07) is 9.56. The molecule has 1 N–H and O–H groups in total. The monoisotopic (exact) mass is 246 g/mol. The third-order valence-electron chi connectivity index (χ3n) is 4.17. The summed E-state index contributed by atoms with van der Waals surface area (Å²) in [6.45, 7) is 7.90. The third-order valence-corrected chi connectivity index (χ3v) is 4.17. The summed E-state index contributed by atoms with van der Waals surface area (Å²) in [5.41, 5.74) is 3.03. The molecule has 18 heavy (non-hydrogen) atoms. The van der Waals surface area contributed by atoms with Gasteiger partial charge in [0.05, 0.1) is 0 Å². The summed E-state index contributed by atoms with van der Waals surface area (Å²) in [5, 5.41) is 3.54. The van der Waals surface area contributed by atoms with Crippen molar-refractivity contribution in [3.05, 3.63) is 35.4 Å². The zero-order valence-electron chi connectivity index (χ0n) is 11.9. The van der Waals surface area contributed by atoms with Crippen molar-refractivity contribution in [1.29, 1.82) is 0 Å². The van der Waals surface area contributed by atoms with Crippen LogP contribution in [0.15, 0.2) is 24.3 Å². The van der Waals surface area contributed by atoms with Crippen molar-refractivity contribution in [2.45, 2.75) is 45.2 Å². The van der Waals surface area contributed by atoms with Gasteiger partial charge in [0.1, 0.15) is 0 Å². The second kappa shape index (κ2) is 6.35. The lowest BCUT2D eigenvalue weighted by atomic mass is 9.90. The van der Waals surface area contributed by atoms with Gasteiger partial charge in [-0.05, 0) is 31.5 Å². The number of rotatable bonds is 5. The van der Waals surface area contributed by atoms with Gasteiger partial charge < -0.3 is 10.2 Å². The van der Waals surface area contributed by atoms with Crippen LogP contribution in [0.2, 0.25) is 0 Å². The predicted molar refractivity (Wildman–Crippen MR) is 77.9 cm³/mol. The highest BCUT2D eigenvalue weighted by Crippen LogP contribution is 2.25. The van der Waals surface area contributed by atoms with E-state index < -0.39 is 0 Å². The molecule has 2 nitrogen and oxygen atoms in total. The molecule has 1 aliphatic heterocycles. The summed E-state index contributed by atoms with van der Waals surface area (Å²) in [7, 11) is 2.26. The number of likely N-dealkylation sites (N-methyl/N-ethyl adjacent to an activating group) is 1. The van der Waals surface area contributed by atoms with Crippen molar-refractivity contribution < 1.29 is 0 Å². The Morgan fingerprint density at radius 3 is 2.94 bits per heavy atom. The number of hydrogen-bond acceptors (Lipinski definition) is 2. The minimum absolute atomic E-state index is 0.638. The molecular formula is C16H26N2. The van der Waals surface area contributed by atoms with Crippen LogP contribution in [0.4, 0.5) is 0 Å². The van der Waals surface area contributed by atoms with Crippen molar-refractivity contribution in [2.24, 2.45) is 0 Å². The van der Waals surface area contributed by atoms with Crippen LogP contribution in [0.5, 0.6) is 0 Å². The summed E-state index contributed by atoms with van der Waals surface area (Å²) >= 11 is 0.